The number of amides is 2. The van der Waals surface area contributed by atoms with Gasteiger partial charge in [-0.2, -0.15) is 0 Å². The van der Waals surface area contributed by atoms with E-state index in [1.54, 1.807) is 0 Å². The molecular formula is C14H23N3O6. The quantitative estimate of drug-likeness (QED) is 0.306. The van der Waals surface area contributed by atoms with Crippen LogP contribution in [-0.2, 0) is 23.9 Å². The molecule has 0 saturated carbocycles. The van der Waals surface area contributed by atoms with Crippen LogP contribution in [0.1, 0.15) is 20.3 Å². The summed E-state index contributed by atoms with van der Waals surface area (Å²) in [5, 5.41) is 13.7. The predicted octanol–water partition coefficient (Wildman–Crippen LogP) is -1.23. The number of carboxylic acids is 1. The van der Waals surface area contributed by atoms with E-state index in [9.17, 15) is 19.2 Å². The molecule has 9 heteroatoms. The highest BCUT2D eigenvalue weighted by atomic mass is 16.5. The van der Waals surface area contributed by atoms with Crippen molar-refractivity contribution in [2.24, 2.45) is 11.7 Å². The standard InChI is InChI=1S/C14H23N3O6/c1-8(2)6-10(14(21)22)17-13(20)9(15)7-16-11(18)4-5-12(19)23-3/h4-5,8-10H,6-7,15H2,1-3H3,(H,16,18)(H,17,20)(H,21,22)/b5-4+/t9-,10+/m1/s1. The van der Waals surface area contributed by atoms with E-state index in [1.165, 1.54) is 7.11 Å². The highest BCUT2D eigenvalue weighted by Gasteiger charge is 2.24. The predicted molar refractivity (Wildman–Crippen MR) is 81.2 cm³/mol. The average molecular weight is 329 g/mol. The summed E-state index contributed by atoms with van der Waals surface area (Å²) in [4.78, 5) is 45.1. The number of carbonyl (C=O) groups is 4. The van der Waals surface area contributed by atoms with Crippen molar-refractivity contribution in [2.45, 2.75) is 32.4 Å². The second-order valence-corrected chi connectivity index (χ2v) is 5.24. The Labute approximate surface area is 134 Å². The Kier molecular flexibility index (Phi) is 9.24. The molecule has 0 rings (SSSR count). The van der Waals surface area contributed by atoms with Crippen molar-refractivity contribution >= 4 is 23.8 Å². The highest BCUT2D eigenvalue weighted by Crippen LogP contribution is 2.05. The van der Waals surface area contributed by atoms with Crippen molar-refractivity contribution in [1.29, 1.82) is 0 Å². The fourth-order valence-corrected chi connectivity index (χ4v) is 1.55. The van der Waals surface area contributed by atoms with E-state index in [1.807, 2.05) is 13.8 Å². The lowest BCUT2D eigenvalue weighted by Gasteiger charge is -2.19. The summed E-state index contributed by atoms with van der Waals surface area (Å²) in [5.74, 6) is -3.08. The molecule has 0 saturated heterocycles. The summed E-state index contributed by atoms with van der Waals surface area (Å²) in [6.45, 7) is 3.45. The number of carbonyl (C=O) groups excluding carboxylic acids is 3. The van der Waals surface area contributed by atoms with E-state index in [2.05, 4.69) is 15.4 Å². The van der Waals surface area contributed by atoms with Crippen LogP contribution in [0.25, 0.3) is 0 Å². The fraction of sp³-hybridized carbons (Fsp3) is 0.571. The van der Waals surface area contributed by atoms with Crippen LogP contribution >= 0.6 is 0 Å². The van der Waals surface area contributed by atoms with Crippen LogP contribution in [-0.4, -0.2) is 54.6 Å². The number of esters is 1. The van der Waals surface area contributed by atoms with Crippen LogP contribution in [0, 0.1) is 5.92 Å². The first kappa shape index (κ1) is 20.6. The molecule has 0 unspecified atom stereocenters. The minimum absolute atomic E-state index is 0.0794. The summed E-state index contributed by atoms with van der Waals surface area (Å²) < 4.78 is 4.31. The molecule has 0 spiro atoms. The van der Waals surface area contributed by atoms with Crippen molar-refractivity contribution in [3.05, 3.63) is 12.2 Å². The lowest BCUT2D eigenvalue weighted by atomic mass is 10.0. The molecular weight excluding hydrogens is 306 g/mol. The van der Waals surface area contributed by atoms with Crippen LogP contribution in [0.15, 0.2) is 12.2 Å². The van der Waals surface area contributed by atoms with Gasteiger partial charge in [0.25, 0.3) is 0 Å². The third-order valence-electron chi connectivity index (χ3n) is 2.73. The minimum atomic E-state index is -1.15. The van der Waals surface area contributed by atoms with Crippen molar-refractivity contribution in [3.63, 3.8) is 0 Å². The SMILES string of the molecule is COC(=O)/C=C/C(=O)NC[C@@H](N)C(=O)N[C@@H](CC(C)C)C(=O)O. The van der Waals surface area contributed by atoms with E-state index in [4.69, 9.17) is 10.8 Å². The van der Waals surface area contributed by atoms with Gasteiger partial charge < -0.3 is 26.2 Å². The molecule has 0 aliphatic rings. The molecule has 0 aliphatic heterocycles. The number of aliphatic carboxylic acids is 1. The maximum absolute atomic E-state index is 11.8. The summed E-state index contributed by atoms with van der Waals surface area (Å²) in [7, 11) is 1.17. The van der Waals surface area contributed by atoms with Gasteiger partial charge in [0.15, 0.2) is 0 Å². The molecule has 0 aliphatic carbocycles. The number of hydrogen-bond donors (Lipinski definition) is 4. The number of nitrogens with one attached hydrogen (secondary N) is 2. The van der Waals surface area contributed by atoms with Crippen molar-refractivity contribution in [3.8, 4) is 0 Å². The maximum atomic E-state index is 11.8. The number of nitrogens with two attached hydrogens (primary N) is 1. The van der Waals surface area contributed by atoms with Crippen LogP contribution in [0.5, 0.6) is 0 Å². The number of hydrogen-bond acceptors (Lipinski definition) is 6. The van der Waals surface area contributed by atoms with Gasteiger partial charge in [-0.05, 0) is 12.3 Å². The van der Waals surface area contributed by atoms with Gasteiger partial charge in [0.1, 0.15) is 12.1 Å². The van der Waals surface area contributed by atoms with Crippen molar-refractivity contribution in [1.82, 2.24) is 10.6 Å². The van der Waals surface area contributed by atoms with Gasteiger partial charge in [0.05, 0.1) is 7.11 Å². The topological polar surface area (TPSA) is 148 Å². The van der Waals surface area contributed by atoms with Crippen LogP contribution < -0.4 is 16.4 Å². The summed E-state index contributed by atoms with van der Waals surface area (Å²) in [6.07, 6.45) is 2.13. The zero-order chi connectivity index (χ0) is 18.0. The van der Waals surface area contributed by atoms with E-state index in [-0.39, 0.29) is 18.9 Å². The molecule has 0 fully saturated rings. The maximum Gasteiger partial charge on any atom is 0.330 e. The van der Waals surface area contributed by atoms with Gasteiger partial charge in [-0.25, -0.2) is 9.59 Å². The Morgan fingerprint density at radius 3 is 2.30 bits per heavy atom. The van der Waals surface area contributed by atoms with Crippen LogP contribution in [0.2, 0.25) is 0 Å². The zero-order valence-electron chi connectivity index (χ0n) is 13.4. The molecule has 0 aromatic heterocycles. The molecule has 23 heavy (non-hydrogen) atoms. The number of rotatable bonds is 9. The molecule has 5 N–H and O–H groups in total. The molecule has 130 valence electrons. The average Bonchev–Trinajstić information content (AvgIpc) is 2.48. The minimum Gasteiger partial charge on any atom is -0.480 e. The lowest BCUT2D eigenvalue weighted by molar-refractivity contribution is -0.142. The summed E-state index contributed by atoms with van der Waals surface area (Å²) in [5.41, 5.74) is 5.59. The van der Waals surface area contributed by atoms with E-state index in [0.29, 0.717) is 0 Å². The Morgan fingerprint density at radius 2 is 1.83 bits per heavy atom. The smallest absolute Gasteiger partial charge is 0.330 e. The molecule has 0 radical (unpaired) electrons. The first-order valence-electron chi connectivity index (χ1n) is 7.00. The molecule has 0 aromatic carbocycles. The zero-order valence-corrected chi connectivity index (χ0v) is 13.4. The Bertz CT molecular complexity index is 475. The molecule has 0 aromatic rings. The summed E-state index contributed by atoms with van der Waals surface area (Å²) in [6, 6.07) is -2.15. The third kappa shape index (κ3) is 9.25. The summed E-state index contributed by atoms with van der Waals surface area (Å²) >= 11 is 0. The number of methoxy groups -OCH3 is 1. The van der Waals surface area contributed by atoms with Crippen molar-refractivity contribution in [2.75, 3.05) is 13.7 Å². The van der Waals surface area contributed by atoms with Crippen LogP contribution in [0.4, 0.5) is 0 Å². The lowest BCUT2D eigenvalue weighted by Crippen LogP contribution is -2.52. The van der Waals surface area contributed by atoms with Crippen molar-refractivity contribution < 1.29 is 29.0 Å². The van der Waals surface area contributed by atoms with Gasteiger partial charge in [0.2, 0.25) is 11.8 Å². The third-order valence-corrected chi connectivity index (χ3v) is 2.73. The molecule has 2 atom stereocenters. The normalized spacial score (nSPS) is 13.4. The Hall–Kier alpha value is -2.42. The van der Waals surface area contributed by atoms with E-state index < -0.39 is 35.8 Å². The molecule has 0 bridgehead atoms. The number of carboxylic acid groups (broad SMARTS) is 1. The molecule has 9 nitrogen and oxygen atoms in total. The number of ether oxygens (including phenoxy) is 1. The molecule has 0 heterocycles. The van der Waals surface area contributed by atoms with Gasteiger partial charge in [-0.3, -0.25) is 9.59 Å². The van der Waals surface area contributed by atoms with E-state index >= 15 is 0 Å². The van der Waals surface area contributed by atoms with Gasteiger partial charge in [-0.1, -0.05) is 13.8 Å². The van der Waals surface area contributed by atoms with Gasteiger partial charge in [-0.15, -0.1) is 0 Å². The second-order valence-electron chi connectivity index (χ2n) is 5.24. The van der Waals surface area contributed by atoms with Gasteiger partial charge in [0, 0.05) is 18.7 Å². The Balaban J connectivity index is 4.38. The van der Waals surface area contributed by atoms with E-state index in [0.717, 1.165) is 12.2 Å². The van der Waals surface area contributed by atoms with Crippen LogP contribution in [0.3, 0.4) is 0 Å². The first-order valence-corrected chi connectivity index (χ1v) is 7.00. The monoisotopic (exact) mass is 329 g/mol. The Morgan fingerprint density at radius 1 is 1.22 bits per heavy atom. The molecule has 2 amide bonds. The largest absolute Gasteiger partial charge is 0.480 e. The van der Waals surface area contributed by atoms with Gasteiger partial charge >= 0.3 is 11.9 Å². The fourth-order valence-electron chi connectivity index (χ4n) is 1.55. The highest BCUT2D eigenvalue weighted by molar-refractivity contribution is 5.95. The second kappa shape index (κ2) is 10.3. The first-order chi connectivity index (χ1) is 10.7.